The highest BCUT2D eigenvalue weighted by atomic mass is 127. The summed E-state index contributed by atoms with van der Waals surface area (Å²) >= 11 is 2.05. The fourth-order valence-corrected chi connectivity index (χ4v) is 4.56. The zero-order chi connectivity index (χ0) is 19.0. The van der Waals surface area contributed by atoms with Crippen LogP contribution in [0.4, 0.5) is 0 Å². The Labute approximate surface area is 190 Å². The Morgan fingerprint density at radius 2 is 2.11 bits per heavy atom. The van der Waals surface area contributed by atoms with Gasteiger partial charge in [-0.2, -0.15) is 11.8 Å². The van der Waals surface area contributed by atoms with Crippen molar-refractivity contribution < 1.29 is 0 Å². The summed E-state index contributed by atoms with van der Waals surface area (Å²) in [4.78, 5) is 9.36. The molecule has 0 saturated carbocycles. The minimum atomic E-state index is 0. The predicted octanol–water partition coefficient (Wildman–Crippen LogP) is 3.93. The molecule has 5 nitrogen and oxygen atoms in total. The van der Waals surface area contributed by atoms with E-state index in [4.69, 9.17) is 4.99 Å². The standard InChI is InChI=1S/C21H31N5S.HI/c1-3-22-20(25-17-21(2)11-7-15-27-21)24-12-10-19-23-13-14-26(19)16-18-8-5-4-6-9-18;/h4-6,8-9,13-14H,3,7,10-12,15-17H2,1-2H3,(H2,22,24,25);1H. The van der Waals surface area contributed by atoms with Gasteiger partial charge in [0.25, 0.3) is 0 Å². The van der Waals surface area contributed by atoms with Crippen molar-refractivity contribution >= 4 is 41.7 Å². The van der Waals surface area contributed by atoms with Gasteiger partial charge in [0.05, 0.1) is 6.54 Å². The van der Waals surface area contributed by atoms with Crippen LogP contribution in [0.25, 0.3) is 0 Å². The molecule has 7 heteroatoms. The largest absolute Gasteiger partial charge is 0.357 e. The summed E-state index contributed by atoms with van der Waals surface area (Å²) in [6.07, 6.45) is 7.38. The number of aromatic nitrogens is 2. The van der Waals surface area contributed by atoms with Crippen LogP contribution in [0.15, 0.2) is 47.7 Å². The zero-order valence-electron chi connectivity index (χ0n) is 16.9. The molecule has 0 bridgehead atoms. The Kier molecular flexibility index (Phi) is 9.64. The van der Waals surface area contributed by atoms with Crippen LogP contribution in [0, 0.1) is 0 Å². The number of thioether (sulfide) groups is 1. The third-order valence-corrected chi connectivity index (χ3v) is 6.38. The monoisotopic (exact) mass is 513 g/mol. The van der Waals surface area contributed by atoms with Gasteiger partial charge in [-0.05, 0) is 38.0 Å². The Morgan fingerprint density at radius 1 is 1.29 bits per heavy atom. The topological polar surface area (TPSA) is 54.2 Å². The molecule has 1 saturated heterocycles. The molecular weight excluding hydrogens is 481 g/mol. The maximum atomic E-state index is 4.82. The molecule has 154 valence electrons. The van der Waals surface area contributed by atoms with Gasteiger partial charge in [-0.25, -0.2) is 4.98 Å². The lowest BCUT2D eigenvalue weighted by molar-refractivity contribution is 0.613. The van der Waals surface area contributed by atoms with E-state index in [0.717, 1.165) is 44.4 Å². The van der Waals surface area contributed by atoms with E-state index >= 15 is 0 Å². The van der Waals surface area contributed by atoms with Crippen molar-refractivity contribution in [3.8, 4) is 0 Å². The first-order valence-corrected chi connectivity index (χ1v) is 10.9. The Hall–Kier alpha value is -1.22. The molecule has 2 N–H and O–H groups in total. The van der Waals surface area contributed by atoms with Gasteiger partial charge in [0.15, 0.2) is 5.96 Å². The lowest BCUT2D eigenvalue weighted by Gasteiger charge is -2.21. The van der Waals surface area contributed by atoms with Crippen LogP contribution in [-0.2, 0) is 13.0 Å². The maximum Gasteiger partial charge on any atom is 0.191 e. The van der Waals surface area contributed by atoms with Gasteiger partial charge in [-0.15, -0.1) is 24.0 Å². The fraction of sp³-hybridized carbons (Fsp3) is 0.524. The minimum Gasteiger partial charge on any atom is -0.357 e. The smallest absolute Gasteiger partial charge is 0.191 e. The molecule has 1 unspecified atom stereocenters. The van der Waals surface area contributed by atoms with E-state index in [-0.39, 0.29) is 24.0 Å². The van der Waals surface area contributed by atoms with Gasteiger partial charge in [0.1, 0.15) is 5.82 Å². The van der Waals surface area contributed by atoms with Gasteiger partial charge < -0.3 is 15.2 Å². The van der Waals surface area contributed by atoms with Crippen molar-refractivity contribution in [1.29, 1.82) is 0 Å². The summed E-state index contributed by atoms with van der Waals surface area (Å²) < 4.78 is 2.52. The normalized spacial score (nSPS) is 19.3. The minimum absolute atomic E-state index is 0. The number of hydrogen-bond donors (Lipinski definition) is 2. The van der Waals surface area contributed by atoms with Crippen molar-refractivity contribution in [3.63, 3.8) is 0 Å². The number of halogens is 1. The van der Waals surface area contributed by atoms with E-state index in [2.05, 4.69) is 76.3 Å². The molecule has 0 radical (unpaired) electrons. The van der Waals surface area contributed by atoms with E-state index in [1.807, 2.05) is 12.3 Å². The van der Waals surface area contributed by atoms with Crippen molar-refractivity contribution in [2.24, 2.45) is 4.99 Å². The summed E-state index contributed by atoms with van der Waals surface area (Å²) in [5.74, 6) is 3.27. The van der Waals surface area contributed by atoms with Crippen molar-refractivity contribution in [3.05, 3.63) is 54.1 Å². The maximum absolute atomic E-state index is 4.82. The first-order valence-electron chi connectivity index (χ1n) is 9.88. The Balaban J connectivity index is 0.00000280. The quantitative estimate of drug-likeness (QED) is 0.319. The highest BCUT2D eigenvalue weighted by Gasteiger charge is 2.29. The molecule has 1 aliphatic heterocycles. The molecule has 1 aromatic carbocycles. The highest BCUT2D eigenvalue weighted by molar-refractivity contribution is 14.0. The molecule has 3 rings (SSSR count). The molecule has 1 fully saturated rings. The first-order chi connectivity index (χ1) is 13.2. The van der Waals surface area contributed by atoms with E-state index in [9.17, 15) is 0 Å². The fourth-order valence-electron chi connectivity index (χ4n) is 3.33. The lowest BCUT2D eigenvalue weighted by Crippen LogP contribution is -2.39. The molecule has 0 spiro atoms. The Bertz CT molecular complexity index is 725. The number of aliphatic imine (C=N–C) groups is 1. The second kappa shape index (κ2) is 11.7. The van der Waals surface area contributed by atoms with Crippen molar-refractivity contribution in [2.75, 3.05) is 25.4 Å². The van der Waals surface area contributed by atoms with Gasteiger partial charge >= 0.3 is 0 Å². The highest BCUT2D eigenvalue weighted by Crippen LogP contribution is 2.37. The molecule has 0 aliphatic carbocycles. The second-order valence-electron chi connectivity index (χ2n) is 7.23. The number of benzene rings is 1. The zero-order valence-corrected chi connectivity index (χ0v) is 20.0. The van der Waals surface area contributed by atoms with Crippen LogP contribution in [0.2, 0.25) is 0 Å². The Morgan fingerprint density at radius 3 is 2.82 bits per heavy atom. The van der Waals surface area contributed by atoms with Crippen LogP contribution in [0.3, 0.4) is 0 Å². The summed E-state index contributed by atoms with van der Waals surface area (Å²) in [5, 5.41) is 6.83. The van der Waals surface area contributed by atoms with Gasteiger partial charge in [-0.3, -0.25) is 4.99 Å². The molecule has 28 heavy (non-hydrogen) atoms. The van der Waals surface area contributed by atoms with Crippen LogP contribution < -0.4 is 10.6 Å². The van der Waals surface area contributed by atoms with Crippen LogP contribution in [-0.4, -0.2) is 45.6 Å². The number of imidazole rings is 1. The number of nitrogens with zero attached hydrogens (tertiary/aromatic N) is 3. The van der Waals surface area contributed by atoms with Crippen molar-refractivity contribution in [1.82, 2.24) is 20.2 Å². The summed E-state index contributed by atoms with van der Waals surface area (Å²) in [7, 11) is 0. The van der Waals surface area contributed by atoms with E-state index in [1.165, 1.54) is 24.2 Å². The number of nitrogens with one attached hydrogen (secondary N) is 2. The third-order valence-electron chi connectivity index (χ3n) is 4.85. The average Bonchev–Trinajstić information content (AvgIpc) is 3.30. The lowest BCUT2D eigenvalue weighted by atomic mass is 10.1. The van der Waals surface area contributed by atoms with E-state index < -0.39 is 0 Å². The number of hydrogen-bond acceptors (Lipinski definition) is 3. The molecule has 2 heterocycles. The van der Waals surface area contributed by atoms with Gasteiger partial charge in [0.2, 0.25) is 0 Å². The van der Waals surface area contributed by atoms with Gasteiger partial charge in [-0.1, -0.05) is 30.3 Å². The van der Waals surface area contributed by atoms with Crippen LogP contribution >= 0.6 is 35.7 Å². The molecular formula is C21H32IN5S. The predicted molar refractivity (Wildman–Crippen MR) is 131 cm³/mol. The number of guanidine groups is 1. The second-order valence-corrected chi connectivity index (χ2v) is 8.91. The first kappa shape index (κ1) is 23.1. The molecule has 2 aromatic rings. The molecule has 1 aliphatic rings. The summed E-state index contributed by atoms with van der Waals surface area (Å²) in [6, 6.07) is 10.5. The van der Waals surface area contributed by atoms with Crippen LogP contribution in [0.5, 0.6) is 0 Å². The molecule has 1 atom stereocenters. The number of rotatable bonds is 8. The third kappa shape index (κ3) is 6.99. The molecule has 0 amide bonds. The van der Waals surface area contributed by atoms with Crippen LogP contribution in [0.1, 0.15) is 38.1 Å². The van der Waals surface area contributed by atoms with Crippen molar-refractivity contribution in [2.45, 2.75) is 44.4 Å². The SMILES string of the molecule is CCNC(=NCC1(C)CCCS1)NCCc1nccn1Cc1ccccc1.I. The summed E-state index contributed by atoms with van der Waals surface area (Å²) in [5.41, 5.74) is 1.29. The average molecular weight is 513 g/mol. The molecule has 1 aromatic heterocycles. The van der Waals surface area contributed by atoms with Gasteiger partial charge in [0, 0.05) is 43.2 Å². The van der Waals surface area contributed by atoms with E-state index in [1.54, 1.807) is 0 Å². The summed E-state index contributed by atoms with van der Waals surface area (Å²) in [6.45, 7) is 7.86. The van der Waals surface area contributed by atoms with E-state index in [0.29, 0.717) is 4.75 Å².